The minimum atomic E-state index is -4.74. The van der Waals surface area contributed by atoms with Crippen LogP contribution in [-0.4, -0.2) is 12.2 Å². The Morgan fingerprint density at radius 3 is 2.00 bits per heavy atom. The lowest BCUT2D eigenvalue weighted by Gasteiger charge is -2.32. The Kier molecular flexibility index (Phi) is 2.62. The Bertz CT molecular complexity index is 467. The molecule has 2 rings (SSSR count). The predicted molar refractivity (Wildman–Crippen MR) is 50.5 cm³/mol. The molecule has 2 N–H and O–H groups in total. The van der Waals surface area contributed by atoms with Crippen molar-refractivity contribution < 1.29 is 27.0 Å². The third kappa shape index (κ3) is 1.89. The third-order valence-electron chi connectivity index (χ3n) is 2.15. The van der Waals surface area contributed by atoms with Crippen LogP contribution in [0.5, 0.6) is 11.5 Å². The van der Waals surface area contributed by atoms with Crippen LogP contribution >= 0.6 is 11.6 Å². The second kappa shape index (κ2) is 3.64. The molecule has 1 heterocycles. The SMILES string of the molecule is NCc1cc2c(cc1Cl)OC(F)(F)C(F)(F)O2. The summed E-state index contributed by atoms with van der Waals surface area (Å²) < 4.78 is 59.1. The predicted octanol–water partition coefficient (Wildman–Crippen LogP) is 2.76. The van der Waals surface area contributed by atoms with Crippen molar-refractivity contribution in [2.24, 2.45) is 5.73 Å². The van der Waals surface area contributed by atoms with E-state index in [-0.39, 0.29) is 17.1 Å². The van der Waals surface area contributed by atoms with Gasteiger partial charge in [0.1, 0.15) is 0 Å². The van der Waals surface area contributed by atoms with Gasteiger partial charge in [-0.15, -0.1) is 0 Å². The first-order chi connectivity index (χ1) is 7.77. The van der Waals surface area contributed by atoms with Gasteiger partial charge in [0.05, 0.1) is 0 Å². The van der Waals surface area contributed by atoms with E-state index in [1.807, 2.05) is 0 Å². The molecule has 0 unspecified atom stereocenters. The number of hydrogen-bond donors (Lipinski definition) is 1. The summed E-state index contributed by atoms with van der Waals surface area (Å²) in [4.78, 5) is 0. The van der Waals surface area contributed by atoms with Crippen molar-refractivity contribution in [3.8, 4) is 11.5 Å². The fourth-order valence-electron chi connectivity index (χ4n) is 1.29. The maximum absolute atomic E-state index is 12.8. The topological polar surface area (TPSA) is 44.5 Å². The van der Waals surface area contributed by atoms with Gasteiger partial charge in [-0.25, -0.2) is 0 Å². The summed E-state index contributed by atoms with van der Waals surface area (Å²) in [5.74, 6) is -1.08. The van der Waals surface area contributed by atoms with Gasteiger partial charge in [0.2, 0.25) is 0 Å². The fourth-order valence-corrected chi connectivity index (χ4v) is 1.52. The van der Waals surface area contributed by atoms with Gasteiger partial charge < -0.3 is 15.2 Å². The molecule has 0 saturated carbocycles. The van der Waals surface area contributed by atoms with Crippen LogP contribution in [-0.2, 0) is 6.54 Å². The van der Waals surface area contributed by atoms with Gasteiger partial charge in [0.15, 0.2) is 11.5 Å². The standard InChI is InChI=1S/C9H6ClF4NO2/c10-5-2-7-6(1-4(5)3-15)16-8(11,12)9(13,14)17-7/h1-2H,3,15H2. The Morgan fingerprint density at radius 2 is 1.53 bits per heavy atom. The quantitative estimate of drug-likeness (QED) is 0.799. The van der Waals surface area contributed by atoms with E-state index in [4.69, 9.17) is 17.3 Å². The van der Waals surface area contributed by atoms with Crippen molar-refractivity contribution in [1.29, 1.82) is 0 Å². The van der Waals surface area contributed by atoms with Gasteiger partial charge in [-0.3, -0.25) is 0 Å². The highest BCUT2D eigenvalue weighted by atomic mass is 35.5. The zero-order valence-corrected chi connectivity index (χ0v) is 8.90. The number of alkyl halides is 4. The molecule has 8 heteroatoms. The molecule has 0 amide bonds. The first-order valence-electron chi connectivity index (χ1n) is 4.43. The van der Waals surface area contributed by atoms with Crippen molar-refractivity contribution >= 4 is 11.6 Å². The largest absolute Gasteiger partial charge is 0.507 e. The molecule has 1 aliphatic rings. The van der Waals surface area contributed by atoms with Crippen molar-refractivity contribution in [2.45, 2.75) is 18.8 Å². The molecule has 0 bridgehead atoms. The van der Waals surface area contributed by atoms with E-state index < -0.39 is 23.7 Å². The summed E-state index contributed by atoms with van der Waals surface area (Å²) in [6.45, 7) is -0.0442. The third-order valence-corrected chi connectivity index (χ3v) is 2.50. The van der Waals surface area contributed by atoms with E-state index >= 15 is 0 Å². The van der Waals surface area contributed by atoms with Gasteiger partial charge in [-0.05, 0) is 11.6 Å². The molecule has 3 nitrogen and oxygen atoms in total. The Labute approximate surface area is 98.1 Å². The summed E-state index contributed by atoms with van der Waals surface area (Å²) in [7, 11) is 0. The number of benzene rings is 1. The molecule has 0 atom stereocenters. The monoisotopic (exact) mass is 271 g/mol. The summed E-state index contributed by atoms with van der Waals surface area (Å²) in [5, 5.41) is 0.0378. The van der Waals surface area contributed by atoms with Gasteiger partial charge in [0, 0.05) is 17.6 Å². The lowest BCUT2D eigenvalue weighted by Crippen LogP contribution is -2.52. The lowest BCUT2D eigenvalue weighted by molar-refractivity contribution is -0.391. The molecule has 0 spiro atoms. The molecule has 1 aliphatic heterocycles. The minimum Gasteiger partial charge on any atom is -0.421 e. The number of ether oxygens (including phenoxy) is 2. The summed E-state index contributed by atoms with van der Waals surface area (Å²) in [5.41, 5.74) is 5.58. The zero-order valence-electron chi connectivity index (χ0n) is 8.15. The maximum atomic E-state index is 12.8. The van der Waals surface area contributed by atoms with Gasteiger partial charge in [0.25, 0.3) is 0 Å². The minimum absolute atomic E-state index is 0.0378. The number of halogens is 5. The number of rotatable bonds is 1. The van der Waals surface area contributed by atoms with E-state index in [9.17, 15) is 17.6 Å². The van der Waals surface area contributed by atoms with E-state index in [0.717, 1.165) is 12.1 Å². The van der Waals surface area contributed by atoms with Gasteiger partial charge >= 0.3 is 12.2 Å². The average molecular weight is 272 g/mol. The van der Waals surface area contributed by atoms with E-state index in [2.05, 4.69) is 9.47 Å². The normalized spacial score (nSPS) is 20.1. The zero-order chi connectivity index (χ0) is 12.8. The Morgan fingerprint density at radius 1 is 1.06 bits per heavy atom. The van der Waals surface area contributed by atoms with E-state index in [0.29, 0.717) is 0 Å². The molecule has 0 radical (unpaired) electrons. The highest BCUT2D eigenvalue weighted by molar-refractivity contribution is 6.31. The lowest BCUT2D eigenvalue weighted by atomic mass is 10.2. The van der Waals surface area contributed by atoms with Gasteiger partial charge in [-0.2, -0.15) is 17.6 Å². The second-order valence-corrected chi connectivity index (χ2v) is 3.74. The molecular weight excluding hydrogens is 266 g/mol. The molecule has 0 fully saturated rings. The summed E-state index contributed by atoms with van der Waals surface area (Å²) in [6.07, 6.45) is -9.48. The van der Waals surface area contributed by atoms with Crippen molar-refractivity contribution in [3.05, 3.63) is 22.7 Å². The van der Waals surface area contributed by atoms with Crippen LogP contribution in [0, 0.1) is 0 Å². The summed E-state index contributed by atoms with van der Waals surface area (Å²) in [6, 6.07) is 2.00. The van der Waals surface area contributed by atoms with Crippen LogP contribution < -0.4 is 15.2 Å². The molecular formula is C9H6ClF4NO2. The maximum Gasteiger partial charge on any atom is 0.507 e. The Balaban J connectivity index is 2.50. The molecule has 1 aromatic rings. The first-order valence-corrected chi connectivity index (χ1v) is 4.81. The second-order valence-electron chi connectivity index (χ2n) is 3.33. The summed E-state index contributed by atoms with van der Waals surface area (Å²) >= 11 is 5.68. The highest BCUT2D eigenvalue weighted by Crippen LogP contribution is 2.48. The van der Waals surface area contributed by atoms with Crippen molar-refractivity contribution in [2.75, 3.05) is 0 Å². The number of nitrogens with two attached hydrogens (primary N) is 1. The molecule has 17 heavy (non-hydrogen) atoms. The van der Waals surface area contributed by atoms with Crippen LogP contribution in [0.3, 0.4) is 0 Å². The molecule has 0 saturated heterocycles. The molecule has 94 valence electrons. The number of hydrogen-bond acceptors (Lipinski definition) is 3. The van der Waals surface area contributed by atoms with Crippen LogP contribution in [0.1, 0.15) is 5.56 Å². The number of fused-ring (bicyclic) bond motifs is 1. The van der Waals surface area contributed by atoms with Crippen LogP contribution in [0.2, 0.25) is 5.02 Å². The first kappa shape index (κ1) is 12.3. The highest BCUT2D eigenvalue weighted by Gasteiger charge is 2.66. The molecule has 0 aromatic heterocycles. The van der Waals surface area contributed by atoms with E-state index in [1.54, 1.807) is 0 Å². The van der Waals surface area contributed by atoms with Crippen molar-refractivity contribution in [1.82, 2.24) is 0 Å². The van der Waals surface area contributed by atoms with Crippen LogP contribution in [0.25, 0.3) is 0 Å². The van der Waals surface area contributed by atoms with Gasteiger partial charge in [-0.1, -0.05) is 11.6 Å². The Hall–Kier alpha value is -1.21. The molecule has 1 aromatic carbocycles. The average Bonchev–Trinajstić information content (AvgIpc) is 2.19. The molecule has 0 aliphatic carbocycles. The van der Waals surface area contributed by atoms with E-state index in [1.165, 1.54) is 0 Å². The smallest absolute Gasteiger partial charge is 0.421 e. The van der Waals surface area contributed by atoms with Crippen molar-refractivity contribution in [3.63, 3.8) is 0 Å². The fraction of sp³-hybridized carbons (Fsp3) is 0.333. The van der Waals surface area contributed by atoms with Crippen LogP contribution in [0.4, 0.5) is 17.6 Å². The van der Waals surface area contributed by atoms with Crippen LogP contribution in [0.15, 0.2) is 12.1 Å².